The molecule has 3 aromatic heterocycles. The first-order chi connectivity index (χ1) is 11.7. The third kappa shape index (κ3) is 2.78. The van der Waals surface area contributed by atoms with E-state index in [-0.39, 0.29) is 11.2 Å². The highest BCUT2D eigenvalue weighted by Crippen LogP contribution is 2.26. The number of aromatic nitrogens is 4. The number of fused-ring (bicyclic) bond motifs is 3. The van der Waals surface area contributed by atoms with Crippen molar-refractivity contribution in [1.82, 2.24) is 24.9 Å². The predicted octanol–water partition coefficient (Wildman–Crippen LogP) is 3.07. The fraction of sp³-hybridized carbons (Fsp3) is 0.188. The average Bonchev–Trinajstić information content (AvgIpc) is 3.30. The number of amides is 1. The summed E-state index contributed by atoms with van der Waals surface area (Å²) in [5, 5.41) is 12.7. The van der Waals surface area contributed by atoms with Crippen LogP contribution in [0.1, 0.15) is 11.8 Å². The standard InChI is InChI=1S/C16H15N5OS2/c1-10(14(22)17-9-11-5-4-8-23-11)24-16-20-19-15-18-12-6-2-3-7-13(12)21(15)16/h2-8,10H,9H2,1H3,(H,17,22)(H,18,19)/t10-/m0/s1. The highest BCUT2D eigenvalue weighted by Gasteiger charge is 2.19. The van der Waals surface area contributed by atoms with E-state index < -0.39 is 0 Å². The molecule has 1 atom stereocenters. The first-order valence-corrected chi connectivity index (χ1v) is 9.26. The molecular weight excluding hydrogens is 342 g/mol. The highest BCUT2D eigenvalue weighted by molar-refractivity contribution is 8.00. The summed E-state index contributed by atoms with van der Waals surface area (Å²) in [4.78, 5) is 17.9. The van der Waals surface area contributed by atoms with E-state index >= 15 is 0 Å². The largest absolute Gasteiger partial charge is 0.350 e. The van der Waals surface area contributed by atoms with Crippen molar-refractivity contribution < 1.29 is 4.79 Å². The fourth-order valence-electron chi connectivity index (χ4n) is 2.46. The van der Waals surface area contributed by atoms with E-state index in [1.165, 1.54) is 11.8 Å². The van der Waals surface area contributed by atoms with Gasteiger partial charge in [-0.25, -0.2) is 10.1 Å². The quantitative estimate of drug-likeness (QED) is 0.538. The zero-order valence-corrected chi connectivity index (χ0v) is 14.5. The minimum Gasteiger partial charge on any atom is -0.350 e. The van der Waals surface area contributed by atoms with Gasteiger partial charge in [0.2, 0.25) is 11.7 Å². The molecule has 0 saturated heterocycles. The Morgan fingerprint density at radius 2 is 2.25 bits per heavy atom. The van der Waals surface area contributed by atoms with Gasteiger partial charge >= 0.3 is 0 Å². The van der Waals surface area contributed by atoms with Crippen molar-refractivity contribution in [2.24, 2.45) is 0 Å². The summed E-state index contributed by atoms with van der Waals surface area (Å²) in [5.41, 5.74) is 1.89. The van der Waals surface area contributed by atoms with Gasteiger partial charge < -0.3 is 5.32 Å². The molecule has 24 heavy (non-hydrogen) atoms. The summed E-state index contributed by atoms with van der Waals surface area (Å²) < 4.78 is 1.95. The molecule has 1 aromatic carbocycles. The number of aromatic amines is 1. The predicted molar refractivity (Wildman–Crippen MR) is 96.3 cm³/mol. The van der Waals surface area contributed by atoms with E-state index in [0.717, 1.165) is 21.1 Å². The lowest BCUT2D eigenvalue weighted by molar-refractivity contribution is -0.120. The van der Waals surface area contributed by atoms with Crippen molar-refractivity contribution in [3.63, 3.8) is 0 Å². The van der Waals surface area contributed by atoms with Gasteiger partial charge in [0.05, 0.1) is 22.8 Å². The minimum absolute atomic E-state index is 0.00558. The number of rotatable bonds is 5. The topological polar surface area (TPSA) is 75.1 Å². The van der Waals surface area contributed by atoms with Crippen molar-refractivity contribution in [3.8, 4) is 0 Å². The second-order valence-corrected chi connectivity index (χ2v) is 7.66. The smallest absolute Gasteiger partial charge is 0.233 e. The van der Waals surface area contributed by atoms with Gasteiger partial charge in [0.25, 0.3) is 0 Å². The summed E-state index contributed by atoms with van der Waals surface area (Å²) in [7, 11) is 0. The van der Waals surface area contributed by atoms with E-state index in [0.29, 0.717) is 12.3 Å². The second-order valence-electron chi connectivity index (χ2n) is 5.32. The molecule has 0 aliphatic rings. The molecule has 3 heterocycles. The van der Waals surface area contributed by atoms with Crippen LogP contribution in [0.3, 0.4) is 0 Å². The molecule has 0 fully saturated rings. The Kier molecular flexibility index (Phi) is 3.99. The molecule has 2 N–H and O–H groups in total. The van der Waals surface area contributed by atoms with Gasteiger partial charge in [-0.05, 0) is 30.5 Å². The minimum atomic E-state index is -0.252. The van der Waals surface area contributed by atoms with Gasteiger partial charge in [0, 0.05) is 4.88 Å². The van der Waals surface area contributed by atoms with E-state index in [1.54, 1.807) is 11.3 Å². The van der Waals surface area contributed by atoms with E-state index in [1.807, 2.05) is 53.1 Å². The number of carbonyl (C=O) groups excluding carboxylic acids is 1. The lowest BCUT2D eigenvalue weighted by atomic mass is 10.3. The van der Waals surface area contributed by atoms with Gasteiger partial charge in [-0.1, -0.05) is 30.0 Å². The number of hydrogen-bond acceptors (Lipinski definition) is 5. The zero-order chi connectivity index (χ0) is 16.5. The summed E-state index contributed by atoms with van der Waals surface area (Å²) in [6.07, 6.45) is 0. The number of carbonyl (C=O) groups is 1. The Hall–Kier alpha value is -2.32. The zero-order valence-electron chi connectivity index (χ0n) is 12.9. The summed E-state index contributed by atoms with van der Waals surface area (Å²) in [6, 6.07) is 11.9. The number of nitrogens with one attached hydrogen (secondary N) is 2. The van der Waals surface area contributed by atoms with Crippen LogP contribution in [0.5, 0.6) is 0 Å². The van der Waals surface area contributed by atoms with Gasteiger partial charge in [0.15, 0.2) is 5.16 Å². The van der Waals surface area contributed by atoms with E-state index in [4.69, 9.17) is 0 Å². The van der Waals surface area contributed by atoms with Crippen LogP contribution in [0.25, 0.3) is 16.8 Å². The normalized spacial score (nSPS) is 12.7. The van der Waals surface area contributed by atoms with Crippen LogP contribution in [-0.4, -0.2) is 30.7 Å². The SMILES string of the molecule is C[C@H](Sc1n[nH]c2nc3ccccc3n12)C(=O)NCc1cccs1. The van der Waals surface area contributed by atoms with Gasteiger partial charge in [-0.2, -0.15) is 0 Å². The number of thiophene rings is 1. The maximum absolute atomic E-state index is 12.3. The molecule has 8 heteroatoms. The highest BCUT2D eigenvalue weighted by atomic mass is 32.2. The van der Waals surface area contributed by atoms with Crippen LogP contribution in [0, 0.1) is 0 Å². The number of nitrogens with zero attached hydrogens (tertiary/aromatic N) is 3. The maximum Gasteiger partial charge on any atom is 0.233 e. The molecule has 6 nitrogen and oxygen atoms in total. The van der Waals surface area contributed by atoms with E-state index in [9.17, 15) is 4.79 Å². The molecular formula is C16H15N5OS2. The fourth-order valence-corrected chi connectivity index (χ4v) is 4.00. The third-order valence-electron chi connectivity index (χ3n) is 3.67. The molecule has 4 rings (SSSR count). The van der Waals surface area contributed by atoms with Crippen LogP contribution < -0.4 is 5.32 Å². The Labute approximate surface area is 146 Å². The number of imidazole rings is 1. The Balaban J connectivity index is 1.52. The lowest BCUT2D eigenvalue weighted by Crippen LogP contribution is -2.30. The second kappa shape index (κ2) is 6.29. The molecule has 0 saturated carbocycles. The number of hydrogen-bond donors (Lipinski definition) is 2. The average molecular weight is 357 g/mol. The summed E-state index contributed by atoms with van der Waals surface area (Å²) in [6.45, 7) is 2.44. The molecule has 1 amide bonds. The van der Waals surface area contributed by atoms with Gasteiger partial charge in [0.1, 0.15) is 0 Å². The molecule has 0 bridgehead atoms. The van der Waals surface area contributed by atoms with Crippen LogP contribution in [0.2, 0.25) is 0 Å². The van der Waals surface area contributed by atoms with Crippen LogP contribution in [-0.2, 0) is 11.3 Å². The number of benzene rings is 1. The molecule has 0 radical (unpaired) electrons. The molecule has 0 aliphatic carbocycles. The first-order valence-electron chi connectivity index (χ1n) is 7.50. The molecule has 0 spiro atoms. The molecule has 4 aromatic rings. The molecule has 0 aliphatic heterocycles. The van der Waals surface area contributed by atoms with E-state index in [2.05, 4.69) is 20.5 Å². The Bertz CT molecular complexity index is 989. The van der Waals surface area contributed by atoms with Crippen LogP contribution in [0.15, 0.2) is 46.9 Å². The Morgan fingerprint density at radius 3 is 3.08 bits per heavy atom. The first kappa shape index (κ1) is 15.2. The molecule has 122 valence electrons. The van der Waals surface area contributed by atoms with Crippen molar-refractivity contribution >= 4 is 45.8 Å². The van der Waals surface area contributed by atoms with Gasteiger partial charge in [-0.3, -0.25) is 9.20 Å². The maximum atomic E-state index is 12.3. The van der Waals surface area contributed by atoms with Crippen molar-refractivity contribution in [1.29, 1.82) is 0 Å². The number of thioether (sulfide) groups is 1. The van der Waals surface area contributed by atoms with Gasteiger partial charge in [-0.15, -0.1) is 16.4 Å². The van der Waals surface area contributed by atoms with Crippen molar-refractivity contribution in [3.05, 3.63) is 46.7 Å². The number of H-pyrrole nitrogens is 1. The molecule has 0 unspecified atom stereocenters. The van der Waals surface area contributed by atoms with Crippen LogP contribution in [0.4, 0.5) is 0 Å². The van der Waals surface area contributed by atoms with Crippen LogP contribution >= 0.6 is 23.1 Å². The van der Waals surface area contributed by atoms with Crippen molar-refractivity contribution in [2.75, 3.05) is 0 Å². The third-order valence-corrected chi connectivity index (χ3v) is 5.60. The lowest BCUT2D eigenvalue weighted by Gasteiger charge is -2.10. The van der Waals surface area contributed by atoms with Crippen molar-refractivity contribution in [2.45, 2.75) is 23.9 Å². The number of para-hydroxylation sites is 2. The summed E-state index contributed by atoms with van der Waals surface area (Å²) >= 11 is 3.05. The Morgan fingerprint density at radius 1 is 1.38 bits per heavy atom. The summed E-state index contributed by atoms with van der Waals surface area (Å²) in [5.74, 6) is 0.680. The monoisotopic (exact) mass is 357 g/mol.